The number of halogens is 2. The second-order valence-electron chi connectivity index (χ2n) is 7.09. The number of piperidine rings is 1. The Bertz CT molecular complexity index is 547. The number of carbonyl (C=O) groups is 1. The highest BCUT2D eigenvalue weighted by atomic mass is 35.5. The zero-order valence-corrected chi connectivity index (χ0v) is 16.9. The summed E-state index contributed by atoms with van der Waals surface area (Å²) >= 11 is 0. The van der Waals surface area contributed by atoms with E-state index in [1.807, 2.05) is 0 Å². The quantitative estimate of drug-likeness (QED) is 0.792. The van der Waals surface area contributed by atoms with Gasteiger partial charge in [0, 0.05) is 31.7 Å². The molecule has 1 aromatic rings. The molecule has 2 saturated heterocycles. The molecule has 26 heavy (non-hydrogen) atoms. The Labute approximate surface area is 168 Å². The lowest BCUT2D eigenvalue weighted by molar-refractivity contribution is -0.133. The van der Waals surface area contributed by atoms with Crippen molar-refractivity contribution in [1.82, 2.24) is 10.2 Å². The highest BCUT2D eigenvalue weighted by Crippen LogP contribution is 2.22. The molecular weight excluding hydrogens is 373 g/mol. The first-order chi connectivity index (χ1) is 11.7. The van der Waals surface area contributed by atoms with Crippen LogP contribution in [0, 0.1) is 0 Å². The number of ether oxygens (including phenoxy) is 1. The second-order valence-corrected chi connectivity index (χ2v) is 7.09. The zero-order chi connectivity index (χ0) is 16.9. The Morgan fingerprint density at radius 2 is 1.96 bits per heavy atom. The molecule has 0 saturated carbocycles. The SMILES string of the molecule is CC1CC(NC(=O)[C@@H]2CC[C@H](CN)O2)CCN1Cc1ccccc1.Cl.Cl. The number of nitrogens with zero attached hydrogens (tertiary/aromatic N) is 1. The standard InChI is InChI=1S/C19H29N3O2.2ClH/c1-14-11-16(21-19(23)18-8-7-17(12-20)24-18)9-10-22(14)13-15-5-3-2-4-6-15;;/h2-6,14,16-18H,7-13,20H2,1H3,(H,21,23);2*1H/t14?,16?,17-,18+;;/m1../s1. The molecule has 0 radical (unpaired) electrons. The Kier molecular flexibility index (Phi) is 9.90. The Morgan fingerprint density at radius 1 is 1.23 bits per heavy atom. The molecule has 2 aliphatic heterocycles. The zero-order valence-electron chi connectivity index (χ0n) is 15.3. The summed E-state index contributed by atoms with van der Waals surface area (Å²) in [6, 6.07) is 11.3. The molecule has 1 aromatic carbocycles. The van der Waals surface area contributed by atoms with Crippen LogP contribution in [0.5, 0.6) is 0 Å². The van der Waals surface area contributed by atoms with Gasteiger partial charge in [-0.25, -0.2) is 0 Å². The summed E-state index contributed by atoms with van der Waals surface area (Å²) in [6.07, 6.45) is 3.40. The molecule has 5 nitrogen and oxygen atoms in total. The fourth-order valence-electron chi connectivity index (χ4n) is 3.77. The lowest BCUT2D eigenvalue weighted by Crippen LogP contribution is -2.50. The summed E-state index contributed by atoms with van der Waals surface area (Å²) < 4.78 is 5.69. The van der Waals surface area contributed by atoms with Crippen molar-refractivity contribution in [3.05, 3.63) is 35.9 Å². The van der Waals surface area contributed by atoms with Gasteiger partial charge in [-0.05, 0) is 38.2 Å². The minimum atomic E-state index is -0.309. The normalized spacial score (nSPS) is 28.7. The Morgan fingerprint density at radius 3 is 2.58 bits per heavy atom. The summed E-state index contributed by atoms with van der Waals surface area (Å²) in [4.78, 5) is 14.9. The van der Waals surface area contributed by atoms with Gasteiger partial charge in [0.15, 0.2) is 0 Å². The summed E-state index contributed by atoms with van der Waals surface area (Å²) in [7, 11) is 0. The maximum absolute atomic E-state index is 12.4. The van der Waals surface area contributed by atoms with Crippen molar-refractivity contribution in [1.29, 1.82) is 0 Å². The average molecular weight is 404 g/mol. The smallest absolute Gasteiger partial charge is 0.249 e. The third-order valence-corrected chi connectivity index (χ3v) is 5.25. The summed E-state index contributed by atoms with van der Waals surface area (Å²) in [5.74, 6) is 0.0414. The maximum atomic E-state index is 12.4. The largest absolute Gasteiger partial charge is 0.364 e. The van der Waals surface area contributed by atoms with E-state index in [0.717, 1.165) is 38.8 Å². The number of benzene rings is 1. The van der Waals surface area contributed by atoms with Crippen LogP contribution < -0.4 is 11.1 Å². The highest BCUT2D eigenvalue weighted by molar-refractivity contribution is 5.85. The van der Waals surface area contributed by atoms with Crippen LogP contribution in [-0.4, -0.2) is 48.2 Å². The summed E-state index contributed by atoms with van der Waals surface area (Å²) in [5, 5.41) is 3.19. The number of likely N-dealkylation sites (tertiary alicyclic amines) is 1. The number of hydrogen-bond acceptors (Lipinski definition) is 4. The molecule has 4 atom stereocenters. The van der Waals surface area contributed by atoms with Gasteiger partial charge in [0.05, 0.1) is 6.10 Å². The summed E-state index contributed by atoms with van der Waals surface area (Å²) in [5.41, 5.74) is 6.96. The molecule has 2 unspecified atom stereocenters. The van der Waals surface area contributed by atoms with Crippen LogP contribution in [0.25, 0.3) is 0 Å². The monoisotopic (exact) mass is 403 g/mol. The van der Waals surface area contributed by atoms with E-state index in [4.69, 9.17) is 10.5 Å². The van der Waals surface area contributed by atoms with Gasteiger partial charge in [0.25, 0.3) is 0 Å². The van der Waals surface area contributed by atoms with Gasteiger partial charge in [-0.2, -0.15) is 0 Å². The van der Waals surface area contributed by atoms with Crippen molar-refractivity contribution in [3.8, 4) is 0 Å². The average Bonchev–Trinajstić information content (AvgIpc) is 3.08. The van der Waals surface area contributed by atoms with Crippen molar-refractivity contribution >= 4 is 30.7 Å². The van der Waals surface area contributed by atoms with E-state index >= 15 is 0 Å². The van der Waals surface area contributed by atoms with E-state index in [2.05, 4.69) is 47.5 Å². The molecule has 1 amide bonds. The van der Waals surface area contributed by atoms with Crippen LogP contribution in [0.1, 0.15) is 38.2 Å². The number of nitrogens with two attached hydrogens (primary N) is 1. The number of carbonyl (C=O) groups excluding carboxylic acids is 1. The molecule has 2 fully saturated rings. The van der Waals surface area contributed by atoms with Gasteiger partial charge in [0.2, 0.25) is 5.91 Å². The minimum absolute atomic E-state index is 0. The van der Waals surface area contributed by atoms with Crippen LogP contribution in [0.3, 0.4) is 0 Å². The molecule has 0 spiro atoms. The molecule has 0 aliphatic carbocycles. The van der Waals surface area contributed by atoms with Crippen LogP contribution in [0.4, 0.5) is 0 Å². The molecule has 0 aromatic heterocycles. The molecule has 148 valence electrons. The van der Waals surface area contributed by atoms with Crippen LogP contribution in [0.15, 0.2) is 30.3 Å². The van der Waals surface area contributed by atoms with Crippen molar-refractivity contribution in [3.63, 3.8) is 0 Å². The van der Waals surface area contributed by atoms with Crippen molar-refractivity contribution in [2.24, 2.45) is 5.73 Å². The summed E-state index contributed by atoms with van der Waals surface area (Å²) in [6.45, 7) is 4.74. The van der Waals surface area contributed by atoms with E-state index in [-0.39, 0.29) is 49.0 Å². The molecule has 0 bridgehead atoms. The van der Waals surface area contributed by atoms with E-state index in [1.54, 1.807) is 0 Å². The van der Waals surface area contributed by atoms with Crippen molar-refractivity contribution in [2.45, 2.75) is 63.4 Å². The van der Waals surface area contributed by atoms with Crippen LogP contribution in [0.2, 0.25) is 0 Å². The van der Waals surface area contributed by atoms with E-state index < -0.39 is 0 Å². The highest BCUT2D eigenvalue weighted by Gasteiger charge is 2.32. The fourth-order valence-corrected chi connectivity index (χ4v) is 3.77. The third-order valence-electron chi connectivity index (χ3n) is 5.25. The maximum Gasteiger partial charge on any atom is 0.249 e. The molecule has 3 rings (SSSR count). The first kappa shape index (κ1) is 23.2. The Hall–Kier alpha value is -0.850. The number of hydrogen-bond donors (Lipinski definition) is 2. The third kappa shape index (κ3) is 6.10. The van der Waals surface area contributed by atoms with Gasteiger partial charge in [-0.15, -0.1) is 24.8 Å². The van der Waals surface area contributed by atoms with Crippen molar-refractivity contribution in [2.75, 3.05) is 13.1 Å². The lowest BCUT2D eigenvalue weighted by atomic mass is 9.97. The van der Waals surface area contributed by atoms with Crippen LogP contribution >= 0.6 is 24.8 Å². The lowest BCUT2D eigenvalue weighted by Gasteiger charge is -2.38. The molecular formula is C19H31Cl2N3O2. The van der Waals surface area contributed by atoms with Crippen molar-refractivity contribution < 1.29 is 9.53 Å². The van der Waals surface area contributed by atoms with Gasteiger partial charge >= 0.3 is 0 Å². The first-order valence-electron chi connectivity index (χ1n) is 9.09. The van der Waals surface area contributed by atoms with E-state index in [9.17, 15) is 4.79 Å². The second kappa shape index (κ2) is 11.1. The Balaban J connectivity index is 0.00000169. The predicted molar refractivity (Wildman–Crippen MR) is 109 cm³/mol. The molecule has 7 heteroatoms. The molecule has 2 heterocycles. The van der Waals surface area contributed by atoms with Gasteiger partial charge in [0.1, 0.15) is 6.10 Å². The minimum Gasteiger partial charge on any atom is -0.364 e. The predicted octanol–water partition coefficient (Wildman–Crippen LogP) is 2.51. The first-order valence-corrected chi connectivity index (χ1v) is 9.09. The number of amides is 1. The number of nitrogens with one attached hydrogen (secondary N) is 1. The molecule has 3 N–H and O–H groups in total. The molecule has 2 aliphatic rings. The topological polar surface area (TPSA) is 67.6 Å². The van der Waals surface area contributed by atoms with E-state index in [1.165, 1.54) is 5.56 Å². The van der Waals surface area contributed by atoms with E-state index in [0.29, 0.717) is 12.6 Å². The van der Waals surface area contributed by atoms with Gasteiger partial charge in [-0.3, -0.25) is 9.69 Å². The van der Waals surface area contributed by atoms with Gasteiger partial charge in [-0.1, -0.05) is 30.3 Å². The van der Waals surface area contributed by atoms with Crippen LogP contribution in [-0.2, 0) is 16.1 Å². The fraction of sp³-hybridized carbons (Fsp3) is 0.632. The van der Waals surface area contributed by atoms with Gasteiger partial charge < -0.3 is 15.8 Å². The number of rotatable bonds is 5.